The molecular weight excluding hydrogens is 528 g/mol. The Labute approximate surface area is 230 Å². The molecule has 7 nitrogen and oxygen atoms in total. The van der Waals surface area contributed by atoms with Gasteiger partial charge in [0.25, 0.3) is 5.91 Å². The maximum atomic E-state index is 13.6. The SMILES string of the molecule is CCC1CCCCN1S(=O)(=O)c1ccc(C(=O)N(CCN(C)C)c2nc3cc(C)c(C)cc3s2)cc1.Cl. The minimum absolute atomic E-state index is 0. The molecule has 0 radical (unpaired) electrons. The van der Waals surface area contributed by atoms with Crippen molar-refractivity contribution in [3.05, 3.63) is 53.1 Å². The first-order chi connectivity index (χ1) is 17.1. The normalized spacial score (nSPS) is 16.6. The first-order valence-corrected chi connectivity index (χ1v) is 14.8. The lowest BCUT2D eigenvalue weighted by Crippen LogP contribution is -2.43. The highest BCUT2D eigenvalue weighted by molar-refractivity contribution is 7.89. The summed E-state index contributed by atoms with van der Waals surface area (Å²) in [5.41, 5.74) is 3.69. The molecule has 1 aliphatic rings. The fourth-order valence-electron chi connectivity index (χ4n) is 4.63. The third-order valence-corrected chi connectivity index (χ3v) is 10.00. The van der Waals surface area contributed by atoms with Gasteiger partial charge in [-0.05, 0) is 94.7 Å². The van der Waals surface area contributed by atoms with E-state index in [0.29, 0.717) is 30.3 Å². The molecule has 0 aliphatic carbocycles. The predicted molar refractivity (Wildman–Crippen MR) is 155 cm³/mol. The zero-order chi connectivity index (χ0) is 26.0. The van der Waals surface area contributed by atoms with Gasteiger partial charge in [-0.25, -0.2) is 13.4 Å². The summed E-state index contributed by atoms with van der Waals surface area (Å²) >= 11 is 1.50. The van der Waals surface area contributed by atoms with Crippen LogP contribution in [0, 0.1) is 13.8 Å². The highest BCUT2D eigenvalue weighted by Crippen LogP contribution is 2.32. The number of piperidine rings is 1. The Morgan fingerprint density at radius 3 is 2.41 bits per heavy atom. The molecule has 10 heteroatoms. The number of amides is 1. The second kappa shape index (κ2) is 12.2. The van der Waals surface area contributed by atoms with Gasteiger partial charge < -0.3 is 4.90 Å². The van der Waals surface area contributed by atoms with Gasteiger partial charge >= 0.3 is 0 Å². The average Bonchev–Trinajstić information content (AvgIpc) is 3.26. The van der Waals surface area contributed by atoms with Crippen molar-refractivity contribution in [1.29, 1.82) is 0 Å². The second-order valence-electron chi connectivity index (χ2n) is 9.86. The summed E-state index contributed by atoms with van der Waals surface area (Å²) in [6.07, 6.45) is 3.65. The van der Waals surface area contributed by atoms with Crippen molar-refractivity contribution in [2.75, 3.05) is 38.6 Å². The smallest absolute Gasteiger partial charge is 0.260 e. The van der Waals surface area contributed by atoms with Crippen LogP contribution in [0.5, 0.6) is 0 Å². The first-order valence-electron chi connectivity index (χ1n) is 12.6. The van der Waals surface area contributed by atoms with E-state index in [2.05, 4.69) is 26.0 Å². The number of carbonyl (C=O) groups is 1. The molecule has 0 bridgehead atoms. The van der Waals surface area contributed by atoms with E-state index in [4.69, 9.17) is 4.98 Å². The Hall–Kier alpha value is -2.04. The topological polar surface area (TPSA) is 73.8 Å². The van der Waals surface area contributed by atoms with Gasteiger partial charge in [0.1, 0.15) is 0 Å². The number of sulfonamides is 1. The molecule has 37 heavy (non-hydrogen) atoms. The highest BCUT2D eigenvalue weighted by Gasteiger charge is 2.32. The van der Waals surface area contributed by atoms with Crippen LogP contribution in [-0.2, 0) is 10.0 Å². The van der Waals surface area contributed by atoms with Crippen LogP contribution in [-0.4, -0.2) is 68.3 Å². The molecule has 0 N–H and O–H groups in total. The number of hydrogen-bond donors (Lipinski definition) is 0. The van der Waals surface area contributed by atoms with Crippen LogP contribution in [0.1, 0.15) is 54.1 Å². The number of rotatable bonds is 8. The summed E-state index contributed by atoms with van der Waals surface area (Å²) in [4.78, 5) is 22.4. The molecule has 2 aromatic carbocycles. The van der Waals surface area contributed by atoms with E-state index in [1.165, 1.54) is 22.5 Å². The number of halogens is 1. The molecule has 1 amide bonds. The Balaban J connectivity index is 0.00000380. The molecule has 4 rings (SSSR count). The molecule has 1 atom stereocenters. The number of fused-ring (bicyclic) bond motifs is 1. The molecule has 1 unspecified atom stereocenters. The zero-order valence-corrected chi connectivity index (χ0v) is 24.7. The molecular formula is C27H37ClN4O3S2. The fraction of sp³-hybridized carbons (Fsp3) is 0.481. The molecule has 0 saturated carbocycles. The van der Waals surface area contributed by atoms with Gasteiger partial charge in [-0.3, -0.25) is 9.69 Å². The van der Waals surface area contributed by atoms with Gasteiger partial charge in [-0.15, -0.1) is 12.4 Å². The maximum absolute atomic E-state index is 13.6. The number of nitrogens with zero attached hydrogens (tertiary/aromatic N) is 4. The van der Waals surface area contributed by atoms with Crippen LogP contribution in [0.4, 0.5) is 5.13 Å². The van der Waals surface area contributed by atoms with E-state index in [-0.39, 0.29) is 29.3 Å². The van der Waals surface area contributed by atoms with E-state index in [1.54, 1.807) is 33.5 Å². The van der Waals surface area contributed by atoms with Crippen molar-refractivity contribution in [2.45, 2.75) is 57.4 Å². The van der Waals surface area contributed by atoms with Gasteiger partial charge in [0.05, 0.1) is 15.1 Å². The van der Waals surface area contributed by atoms with Crippen molar-refractivity contribution in [1.82, 2.24) is 14.2 Å². The van der Waals surface area contributed by atoms with E-state index in [9.17, 15) is 13.2 Å². The number of anilines is 1. The summed E-state index contributed by atoms with van der Waals surface area (Å²) in [5, 5.41) is 0.651. The lowest BCUT2D eigenvalue weighted by atomic mass is 10.0. The molecule has 2 heterocycles. The van der Waals surface area contributed by atoms with Crippen molar-refractivity contribution in [3.63, 3.8) is 0 Å². The molecule has 202 valence electrons. The number of aryl methyl sites for hydroxylation is 2. The first kappa shape index (κ1) is 29.5. The van der Waals surface area contributed by atoms with Crippen LogP contribution in [0.3, 0.4) is 0 Å². The van der Waals surface area contributed by atoms with Gasteiger partial charge in [-0.2, -0.15) is 4.31 Å². The Morgan fingerprint density at radius 1 is 1.08 bits per heavy atom. The van der Waals surface area contributed by atoms with Gasteiger partial charge in [0.2, 0.25) is 10.0 Å². The number of aromatic nitrogens is 1. The Bertz CT molecular complexity index is 1300. The number of carbonyl (C=O) groups excluding carboxylic acids is 1. The molecule has 1 aliphatic heterocycles. The molecule has 1 fully saturated rings. The summed E-state index contributed by atoms with van der Waals surface area (Å²) in [6, 6.07) is 10.6. The van der Waals surface area contributed by atoms with Gasteiger partial charge in [0, 0.05) is 31.2 Å². The van der Waals surface area contributed by atoms with Crippen LogP contribution in [0.15, 0.2) is 41.3 Å². The van der Waals surface area contributed by atoms with Crippen LogP contribution < -0.4 is 4.90 Å². The van der Waals surface area contributed by atoms with Crippen LogP contribution in [0.25, 0.3) is 10.2 Å². The van der Waals surface area contributed by atoms with Crippen molar-refractivity contribution in [2.24, 2.45) is 0 Å². The maximum Gasteiger partial charge on any atom is 0.260 e. The highest BCUT2D eigenvalue weighted by atomic mass is 35.5. The summed E-state index contributed by atoms with van der Waals surface area (Å²) in [7, 11) is 0.346. The standard InChI is InChI=1S/C27H36N4O3S2.ClH/c1-6-22-9-7-8-14-31(22)36(33,34)23-12-10-21(11-13-23)26(32)30(16-15-29(4)5)27-28-24-17-19(2)20(3)18-25(24)35-27;/h10-13,17-18,22H,6-9,14-16H2,1-5H3;1H. The summed E-state index contributed by atoms with van der Waals surface area (Å²) in [5.74, 6) is -0.183. The summed E-state index contributed by atoms with van der Waals surface area (Å²) < 4.78 is 29.4. The average molecular weight is 565 g/mol. The fourth-order valence-corrected chi connectivity index (χ4v) is 7.46. The van der Waals surface area contributed by atoms with Crippen molar-refractivity contribution >= 4 is 55.0 Å². The Kier molecular flexibility index (Phi) is 9.74. The molecule has 0 spiro atoms. The van der Waals surface area contributed by atoms with E-state index < -0.39 is 10.0 Å². The predicted octanol–water partition coefficient (Wildman–Crippen LogP) is 5.50. The van der Waals surface area contributed by atoms with E-state index in [0.717, 1.165) is 35.9 Å². The number of likely N-dealkylation sites (N-methyl/N-ethyl adjacent to an activating group) is 1. The third kappa shape index (κ3) is 6.34. The zero-order valence-electron chi connectivity index (χ0n) is 22.2. The number of benzene rings is 2. The van der Waals surface area contributed by atoms with E-state index >= 15 is 0 Å². The second-order valence-corrected chi connectivity index (χ2v) is 12.8. The molecule has 1 saturated heterocycles. The summed E-state index contributed by atoms with van der Waals surface area (Å²) in [6.45, 7) is 7.88. The van der Waals surface area contributed by atoms with Crippen LogP contribution >= 0.6 is 23.7 Å². The number of thiazole rings is 1. The van der Waals surface area contributed by atoms with Crippen molar-refractivity contribution < 1.29 is 13.2 Å². The van der Waals surface area contributed by atoms with Gasteiger partial charge in [0.15, 0.2) is 5.13 Å². The Morgan fingerprint density at radius 2 is 1.76 bits per heavy atom. The minimum atomic E-state index is -3.59. The van der Waals surface area contributed by atoms with Gasteiger partial charge in [-0.1, -0.05) is 24.7 Å². The lowest BCUT2D eigenvalue weighted by Gasteiger charge is -2.34. The molecule has 3 aromatic rings. The largest absolute Gasteiger partial charge is 0.308 e. The lowest BCUT2D eigenvalue weighted by molar-refractivity contribution is 0.0985. The minimum Gasteiger partial charge on any atom is -0.308 e. The number of hydrogen-bond acceptors (Lipinski definition) is 6. The third-order valence-electron chi connectivity index (χ3n) is 6.99. The van der Waals surface area contributed by atoms with E-state index in [1.807, 2.05) is 25.9 Å². The van der Waals surface area contributed by atoms with Crippen molar-refractivity contribution in [3.8, 4) is 0 Å². The monoisotopic (exact) mass is 564 g/mol. The quantitative estimate of drug-likeness (QED) is 0.361. The van der Waals surface area contributed by atoms with Crippen LogP contribution in [0.2, 0.25) is 0 Å². The molecule has 1 aromatic heterocycles.